The van der Waals surface area contributed by atoms with Crippen molar-refractivity contribution in [1.29, 1.82) is 0 Å². The molecule has 134 valence electrons. The van der Waals surface area contributed by atoms with E-state index in [0.29, 0.717) is 21.2 Å². The van der Waals surface area contributed by atoms with E-state index in [1.165, 1.54) is 21.1 Å². The molecule has 2 aromatic carbocycles. The molecule has 25 heavy (non-hydrogen) atoms. The van der Waals surface area contributed by atoms with E-state index >= 15 is 0 Å². The number of hydrogen-bond acceptors (Lipinski definition) is 3. The number of hydrogen-bond donors (Lipinski definition) is 0. The number of Topliss-reactive ketones (excluding diaryl/α,β-unsaturated/α-hetero) is 1. The number of rotatable bonds is 3. The van der Waals surface area contributed by atoms with Gasteiger partial charge < -0.3 is 0 Å². The summed E-state index contributed by atoms with van der Waals surface area (Å²) in [6, 6.07) is 10.3. The summed E-state index contributed by atoms with van der Waals surface area (Å²) in [5, 5.41) is 2.01. The third-order valence-corrected chi connectivity index (χ3v) is 4.64. The Labute approximate surface area is 173 Å². The van der Waals surface area contributed by atoms with Crippen LogP contribution in [0.15, 0.2) is 45.3 Å². The molecule has 0 fully saturated rings. The van der Waals surface area contributed by atoms with Gasteiger partial charge in [0.05, 0.1) is 22.7 Å². The zero-order chi connectivity index (χ0) is 19.1. The SMILES string of the molecule is CC(=O)c1ccc(Br)cc1Cl.CON(C)C(=O)c1ccc(Br)cc1Cl. The van der Waals surface area contributed by atoms with Crippen molar-refractivity contribution in [2.24, 2.45) is 0 Å². The first-order valence-corrected chi connectivity index (χ1v) is 9.24. The lowest BCUT2D eigenvalue weighted by Crippen LogP contribution is -2.25. The van der Waals surface area contributed by atoms with Gasteiger partial charge in [0.15, 0.2) is 5.78 Å². The second-order valence-corrected chi connectivity index (χ2v) is 7.44. The molecule has 0 bridgehead atoms. The lowest BCUT2D eigenvalue weighted by atomic mass is 10.1. The molecular weight excluding hydrogens is 497 g/mol. The number of hydroxylamine groups is 2. The largest absolute Gasteiger partial charge is 0.294 e. The smallest absolute Gasteiger partial charge is 0.278 e. The molecule has 0 spiro atoms. The Bertz CT molecular complexity index is 784. The Morgan fingerprint density at radius 2 is 1.40 bits per heavy atom. The Kier molecular flexibility index (Phi) is 9.10. The summed E-state index contributed by atoms with van der Waals surface area (Å²) >= 11 is 18.2. The first-order valence-electron chi connectivity index (χ1n) is 6.90. The van der Waals surface area contributed by atoms with Crippen molar-refractivity contribution in [3.63, 3.8) is 0 Å². The van der Waals surface area contributed by atoms with Crippen molar-refractivity contribution >= 4 is 66.8 Å². The predicted molar refractivity (Wildman–Crippen MR) is 107 cm³/mol. The molecule has 0 aliphatic rings. The maximum Gasteiger partial charge on any atom is 0.278 e. The van der Waals surface area contributed by atoms with E-state index in [1.54, 1.807) is 36.4 Å². The van der Waals surface area contributed by atoms with Crippen LogP contribution in [0.4, 0.5) is 0 Å². The average Bonchev–Trinajstić information content (AvgIpc) is 2.53. The maximum absolute atomic E-state index is 11.6. The van der Waals surface area contributed by atoms with E-state index in [1.807, 2.05) is 0 Å². The minimum Gasteiger partial charge on any atom is -0.294 e. The molecule has 8 heteroatoms. The molecular formula is C17H15Br2Cl2NO3. The first kappa shape index (κ1) is 22.1. The van der Waals surface area contributed by atoms with Gasteiger partial charge >= 0.3 is 0 Å². The van der Waals surface area contributed by atoms with Crippen LogP contribution >= 0.6 is 55.1 Å². The summed E-state index contributed by atoms with van der Waals surface area (Å²) in [5.74, 6) is -0.285. The predicted octanol–water partition coefficient (Wildman–Crippen LogP) is 6.04. The van der Waals surface area contributed by atoms with Gasteiger partial charge in [-0.2, -0.15) is 0 Å². The molecule has 0 atom stereocenters. The quantitative estimate of drug-likeness (QED) is 0.373. The molecule has 1 amide bonds. The topological polar surface area (TPSA) is 46.6 Å². The van der Waals surface area contributed by atoms with Crippen molar-refractivity contribution in [2.45, 2.75) is 6.92 Å². The van der Waals surface area contributed by atoms with Gasteiger partial charge in [-0.3, -0.25) is 14.4 Å². The fourth-order valence-electron chi connectivity index (χ4n) is 1.69. The number of nitrogens with zero attached hydrogens (tertiary/aromatic N) is 1. The second kappa shape index (κ2) is 10.3. The Morgan fingerprint density at radius 1 is 0.960 bits per heavy atom. The highest BCUT2D eigenvalue weighted by atomic mass is 79.9. The summed E-state index contributed by atoms with van der Waals surface area (Å²) in [5.41, 5.74) is 0.981. The molecule has 0 unspecified atom stereocenters. The van der Waals surface area contributed by atoms with Gasteiger partial charge in [0.25, 0.3) is 5.91 Å². The fourth-order valence-corrected chi connectivity index (χ4v) is 3.25. The number of carbonyl (C=O) groups is 2. The third kappa shape index (κ3) is 6.72. The normalized spacial score (nSPS) is 9.88. The van der Waals surface area contributed by atoms with Crippen LogP contribution in [0.3, 0.4) is 0 Å². The highest BCUT2D eigenvalue weighted by molar-refractivity contribution is 9.10. The van der Waals surface area contributed by atoms with Crippen LogP contribution in [0.25, 0.3) is 0 Å². The molecule has 0 saturated heterocycles. The molecule has 0 aliphatic heterocycles. The number of carbonyl (C=O) groups excluding carboxylic acids is 2. The van der Waals surface area contributed by atoms with Gasteiger partial charge in [-0.1, -0.05) is 55.1 Å². The molecule has 0 heterocycles. The maximum atomic E-state index is 11.6. The Hall–Kier alpha value is -0.920. The average molecular weight is 512 g/mol. The van der Waals surface area contributed by atoms with E-state index < -0.39 is 0 Å². The van der Waals surface area contributed by atoms with Crippen LogP contribution in [-0.2, 0) is 4.84 Å². The third-order valence-electron chi connectivity index (χ3n) is 3.03. The first-order chi connectivity index (χ1) is 11.7. The van der Waals surface area contributed by atoms with Gasteiger partial charge in [0.2, 0.25) is 0 Å². The highest BCUT2D eigenvalue weighted by Gasteiger charge is 2.14. The van der Waals surface area contributed by atoms with Gasteiger partial charge in [0, 0.05) is 21.6 Å². The van der Waals surface area contributed by atoms with Gasteiger partial charge in [-0.15, -0.1) is 0 Å². The van der Waals surface area contributed by atoms with Crippen LogP contribution in [0.1, 0.15) is 27.6 Å². The van der Waals surface area contributed by atoms with Crippen molar-refractivity contribution in [1.82, 2.24) is 5.06 Å². The number of amides is 1. The van der Waals surface area contributed by atoms with Crippen LogP contribution in [0, 0.1) is 0 Å². The highest BCUT2D eigenvalue weighted by Crippen LogP contribution is 2.22. The number of halogens is 4. The van der Waals surface area contributed by atoms with Gasteiger partial charge in [0.1, 0.15) is 0 Å². The summed E-state index contributed by atoms with van der Waals surface area (Å²) in [7, 11) is 2.95. The second-order valence-electron chi connectivity index (χ2n) is 4.79. The molecule has 4 nitrogen and oxygen atoms in total. The minimum absolute atomic E-state index is 0.0116. The molecule has 0 aromatic heterocycles. The van der Waals surface area contributed by atoms with E-state index in [-0.39, 0.29) is 11.7 Å². The lowest BCUT2D eigenvalue weighted by Gasteiger charge is -2.14. The van der Waals surface area contributed by atoms with Gasteiger partial charge in [-0.25, -0.2) is 5.06 Å². The fraction of sp³-hybridized carbons (Fsp3) is 0.176. The Morgan fingerprint density at radius 3 is 1.76 bits per heavy atom. The van der Waals surface area contributed by atoms with Crippen LogP contribution in [-0.4, -0.2) is 30.9 Å². The van der Waals surface area contributed by atoms with Crippen LogP contribution in [0.2, 0.25) is 10.0 Å². The van der Waals surface area contributed by atoms with E-state index in [4.69, 9.17) is 28.0 Å². The summed E-state index contributed by atoms with van der Waals surface area (Å²) < 4.78 is 1.71. The molecule has 0 aliphatic carbocycles. The van der Waals surface area contributed by atoms with Crippen LogP contribution in [0.5, 0.6) is 0 Å². The van der Waals surface area contributed by atoms with Crippen molar-refractivity contribution in [3.8, 4) is 0 Å². The molecule has 2 aromatic rings. The van der Waals surface area contributed by atoms with Gasteiger partial charge in [-0.05, 0) is 43.3 Å². The standard InChI is InChI=1S/C9H9BrClNO2.C8H6BrClO/c1-12(14-2)9(13)7-4-3-6(10)5-8(7)11;1-5(11)7-3-2-6(9)4-8(7)10/h3-5H,1-2H3;2-4H,1H3. The zero-order valence-electron chi connectivity index (χ0n) is 13.6. The lowest BCUT2D eigenvalue weighted by molar-refractivity contribution is -0.0756. The molecule has 0 N–H and O–H groups in total. The van der Waals surface area contributed by atoms with Crippen molar-refractivity contribution in [3.05, 3.63) is 66.5 Å². The van der Waals surface area contributed by atoms with E-state index in [9.17, 15) is 9.59 Å². The van der Waals surface area contributed by atoms with E-state index in [2.05, 4.69) is 31.9 Å². The molecule has 0 saturated carbocycles. The van der Waals surface area contributed by atoms with E-state index in [0.717, 1.165) is 14.0 Å². The summed E-state index contributed by atoms with van der Waals surface area (Å²) in [4.78, 5) is 27.3. The molecule has 0 radical (unpaired) electrons. The minimum atomic E-state index is -0.273. The van der Waals surface area contributed by atoms with Crippen molar-refractivity contribution < 1.29 is 14.4 Å². The summed E-state index contributed by atoms with van der Waals surface area (Å²) in [6.07, 6.45) is 0. The number of benzene rings is 2. The zero-order valence-corrected chi connectivity index (χ0v) is 18.3. The summed E-state index contributed by atoms with van der Waals surface area (Å²) in [6.45, 7) is 1.50. The monoisotopic (exact) mass is 509 g/mol. The number of ketones is 1. The molecule has 2 rings (SSSR count). The van der Waals surface area contributed by atoms with Crippen molar-refractivity contribution in [2.75, 3.05) is 14.2 Å². The Balaban J connectivity index is 0.000000257. The van der Waals surface area contributed by atoms with Crippen LogP contribution < -0.4 is 0 Å².